The molecule has 7 nitrogen and oxygen atoms in total. The molecule has 2 amide bonds. The Balaban J connectivity index is 1.62. The van der Waals surface area contributed by atoms with Crippen LogP contribution in [0, 0.1) is 0 Å². The second-order valence-corrected chi connectivity index (χ2v) is 8.23. The minimum atomic E-state index is -0.889. The molecule has 0 fully saturated rings. The number of carbonyl (C=O) groups is 3. The molecule has 2 aromatic rings. The molecule has 1 aliphatic rings. The number of carboxylic acids is 1. The lowest BCUT2D eigenvalue weighted by Crippen LogP contribution is -2.49. The van der Waals surface area contributed by atoms with Crippen LogP contribution in [0.4, 0.5) is 4.79 Å². The summed E-state index contributed by atoms with van der Waals surface area (Å²) in [4.78, 5) is 38.0. The maximum Gasteiger partial charge on any atom is 0.407 e. The number of hydrogen-bond donors (Lipinski definition) is 2. The van der Waals surface area contributed by atoms with E-state index in [1.807, 2.05) is 38.1 Å². The van der Waals surface area contributed by atoms with E-state index in [1.54, 1.807) is 4.90 Å². The molecular formula is C26H32N2O5. The van der Waals surface area contributed by atoms with Gasteiger partial charge in [0.15, 0.2) is 0 Å². The van der Waals surface area contributed by atoms with Gasteiger partial charge in [-0.1, -0.05) is 61.9 Å². The highest BCUT2D eigenvalue weighted by Gasteiger charge is 2.30. The Morgan fingerprint density at radius 3 is 2.18 bits per heavy atom. The predicted octanol–water partition coefficient (Wildman–Crippen LogP) is 4.41. The Kier molecular flexibility index (Phi) is 8.46. The van der Waals surface area contributed by atoms with Crippen LogP contribution in [0.3, 0.4) is 0 Å². The van der Waals surface area contributed by atoms with Crippen molar-refractivity contribution in [2.24, 2.45) is 0 Å². The second kappa shape index (κ2) is 11.5. The maximum atomic E-state index is 13.0. The smallest absolute Gasteiger partial charge is 0.407 e. The number of fused-ring (bicyclic) bond motifs is 3. The summed E-state index contributed by atoms with van der Waals surface area (Å²) in [6.45, 7) is 4.76. The third kappa shape index (κ3) is 5.92. The summed E-state index contributed by atoms with van der Waals surface area (Å²) in [6.07, 6.45) is 0.955. The van der Waals surface area contributed by atoms with E-state index in [1.165, 1.54) is 0 Å². The van der Waals surface area contributed by atoms with Gasteiger partial charge in [-0.15, -0.1) is 0 Å². The molecule has 1 unspecified atom stereocenters. The highest BCUT2D eigenvalue weighted by molar-refractivity contribution is 5.86. The molecule has 7 heteroatoms. The minimum absolute atomic E-state index is 0.00202. The van der Waals surface area contributed by atoms with E-state index in [2.05, 4.69) is 29.6 Å². The third-order valence-electron chi connectivity index (χ3n) is 6.02. The van der Waals surface area contributed by atoms with E-state index < -0.39 is 18.1 Å². The molecule has 2 N–H and O–H groups in total. The summed E-state index contributed by atoms with van der Waals surface area (Å²) in [7, 11) is 0. The number of benzene rings is 2. The standard InChI is InChI=1S/C26H32N2O5/c1-3-10-23(25(31)28(4-2)16-9-15-24(29)30)27-26(32)33-17-22-20-13-7-5-11-18(20)19-12-6-8-14-21(19)22/h5-8,11-14,22-23H,3-4,9-10,15-17H2,1-2H3,(H,27,32)(H,29,30). The molecule has 0 spiro atoms. The van der Waals surface area contributed by atoms with Gasteiger partial charge in [0.05, 0.1) is 0 Å². The van der Waals surface area contributed by atoms with E-state index in [-0.39, 0.29) is 24.9 Å². The molecule has 2 aromatic carbocycles. The first-order valence-electron chi connectivity index (χ1n) is 11.6. The molecule has 0 heterocycles. The van der Waals surface area contributed by atoms with Crippen LogP contribution in [0.2, 0.25) is 0 Å². The molecule has 0 saturated heterocycles. The quantitative estimate of drug-likeness (QED) is 0.527. The van der Waals surface area contributed by atoms with Crippen LogP contribution in [-0.4, -0.2) is 53.7 Å². The van der Waals surface area contributed by atoms with Gasteiger partial charge in [0, 0.05) is 25.4 Å². The number of carbonyl (C=O) groups excluding carboxylic acids is 2. The number of carboxylic acid groups (broad SMARTS) is 1. The van der Waals surface area contributed by atoms with Gasteiger partial charge in [0.1, 0.15) is 12.6 Å². The van der Waals surface area contributed by atoms with Crippen LogP contribution in [0.5, 0.6) is 0 Å². The molecule has 33 heavy (non-hydrogen) atoms. The number of amides is 2. The van der Waals surface area contributed by atoms with Gasteiger partial charge in [-0.25, -0.2) is 4.79 Å². The van der Waals surface area contributed by atoms with Crippen LogP contribution in [0.1, 0.15) is 56.6 Å². The molecule has 176 valence electrons. The summed E-state index contributed by atoms with van der Waals surface area (Å²) in [6, 6.07) is 15.5. The number of ether oxygens (including phenoxy) is 1. The Morgan fingerprint density at radius 1 is 1.03 bits per heavy atom. The number of rotatable bonds is 11. The number of likely N-dealkylation sites (N-methyl/N-ethyl adjacent to an activating group) is 1. The van der Waals surface area contributed by atoms with Gasteiger partial charge in [-0.3, -0.25) is 9.59 Å². The normalized spacial score (nSPS) is 13.0. The molecule has 1 atom stereocenters. The first kappa shape index (κ1) is 24.3. The largest absolute Gasteiger partial charge is 0.481 e. The van der Waals surface area contributed by atoms with Gasteiger partial charge < -0.3 is 20.1 Å². The van der Waals surface area contributed by atoms with Gasteiger partial charge in [0.25, 0.3) is 0 Å². The number of nitrogens with one attached hydrogen (secondary N) is 1. The van der Waals surface area contributed by atoms with E-state index in [0.29, 0.717) is 32.4 Å². The SMILES string of the molecule is CCCC(NC(=O)OCC1c2ccccc2-c2ccccc21)C(=O)N(CC)CCCC(=O)O. The van der Waals surface area contributed by atoms with Crippen molar-refractivity contribution in [2.45, 2.75) is 51.5 Å². The molecular weight excluding hydrogens is 420 g/mol. The highest BCUT2D eigenvalue weighted by Crippen LogP contribution is 2.44. The molecule has 1 aliphatic carbocycles. The predicted molar refractivity (Wildman–Crippen MR) is 126 cm³/mol. The average Bonchev–Trinajstić information content (AvgIpc) is 3.13. The topological polar surface area (TPSA) is 95.9 Å². The van der Waals surface area contributed by atoms with Crippen LogP contribution >= 0.6 is 0 Å². The van der Waals surface area contributed by atoms with E-state index in [0.717, 1.165) is 22.3 Å². The van der Waals surface area contributed by atoms with Crippen molar-refractivity contribution in [1.82, 2.24) is 10.2 Å². The van der Waals surface area contributed by atoms with Gasteiger partial charge in [0.2, 0.25) is 5.91 Å². The Morgan fingerprint density at radius 2 is 1.64 bits per heavy atom. The Labute approximate surface area is 194 Å². The average molecular weight is 453 g/mol. The summed E-state index contributed by atoms with van der Waals surface area (Å²) in [5.41, 5.74) is 4.56. The van der Waals surface area contributed by atoms with Crippen molar-refractivity contribution in [3.63, 3.8) is 0 Å². The molecule has 0 radical (unpaired) electrons. The number of hydrogen-bond acceptors (Lipinski definition) is 4. The molecule has 0 aliphatic heterocycles. The van der Waals surface area contributed by atoms with Crippen molar-refractivity contribution in [2.75, 3.05) is 19.7 Å². The molecule has 0 aromatic heterocycles. The first-order chi connectivity index (χ1) is 16.0. The first-order valence-corrected chi connectivity index (χ1v) is 11.6. The van der Waals surface area contributed by atoms with Gasteiger partial charge >= 0.3 is 12.1 Å². The van der Waals surface area contributed by atoms with Crippen molar-refractivity contribution in [3.8, 4) is 11.1 Å². The lowest BCUT2D eigenvalue weighted by atomic mass is 9.98. The summed E-state index contributed by atoms with van der Waals surface area (Å²) < 4.78 is 5.59. The van der Waals surface area contributed by atoms with Crippen LogP contribution in [0.25, 0.3) is 11.1 Å². The Bertz CT molecular complexity index is 945. The summed E-state index contributed by atoms with van der Waals surface area (Å²) in [5, 5.41) is 11.6. The lowest BCUT2D eigenvalue weighted by Gasteiger charge is -2.26. The number of alkyl carbamates (subject to hydrolysis) is 1. The van der Waals surface area contributed by atoms with Crippen LogP contribution < -0.4 is 5.32 Å². The van der Waals surface area contributed by atoms with E-state index in [4.69, 9.17) is 9.84 Å². The Hall–Kier alpha value is -3.35. The number of nitrogens with zero attached hydrogens (tertiary/aromatic N) is 1. The van der Waals surface area contributed by atoms with Crippen molar-refractivity contribution < 1.29 is 24.2 Å². The maximum absolute atomic E-state index is 13.0. The molecule has 0 bridgehead atoms. The molecule has 0 saturated carbocycles. The fraction of sp³-hybridized carbons (Fsp3) is 0.423. The summed E-state index contributed by atoms with van der Waals surface area (Å²) >= 11 is 0. The summed E-state index contributed by atoms with van der Waals surface area (Å²) in [5.74, 6) is -1.15. The fourth-order valence-electron chi connectivity index (χ4n) is 4.39. The second-order valence-electron chi connectivity index (χ2n) is 8.23. The van der Waals surface area contributed by atoms with Gasteiger partial charge in [-0.05, 0) is 42.0 Å². The minimum Gasteiger partial charge on any atom is -0.481 e. The zero-order valence-electron chi connectivity index (χ0n) is 19.3. The zero-order chi connectivity index (χ0) is 23.8. The van der Waals surface area contributed by atoms with Crippen molar-refractivity contribution in [1.29, 1.82) is 0 Å². The van der Waals surface area contributed by atoms with Crippen molar-refractivity contribution >= 4 is 18.0 Å². The lowest BCUT2D eigenvalue weighted by molar-refractivity contribution is -0.138. The van der Waals surface area contributed by atoms with Gasteiger partial charge in [-0.2, -0.15) is 0 Å². The molecule has 3 rings (SSSR count). The van der Waals surface area contributed by atoms with E-state index >= 15 is 0 Å². The van der Waals surface area contributed by atoms with Crippen molar-refractivity contribution in [3.05, 3.63) is 59.7 Å². The van der Waals surface area contributed by atoms with Crippen LogP contribution in [-0.2, 0) is 14.3 Å². The number of aliphatic carboxylic acids is 1. The third-order valence-corrected chi connectivity index (χ3v) is 6.02. The van der Waals surface area contributed by atoms with Crippen LogP contribution in [0.15, 0.2) is 48.5 Å². The highest BCUT2D eigenvalue weighted by atomic mass is 16.5. The monoisotopic (exact) mass is 452 g/mol. The fourth-order valence-corrected chi connectivity index (χ4v) is 4.39. The van der Waals surface area contributed by atoms with E-state index in [9.17, 15) is 14.4 Å². The zero-order valence-corrected chi connectivity index (χ0v) is 19.3.